The Balaban J connectivity index is 1.39. The molecule has 34 heavy (non-hydrogen) atoms. The van der Waals surface area contributed by atoms with Crippen molar-refractivity contribution in [1.82, 2.24) is 5.32 Å². The minimum atomic E-state index is -0.940. The molecule has 3 aromatic rings. The number of aliphatic carboxylic acids is 1. The first-order valence-corrected chi connectivity index (χ1v) is 11.2. The molecule has 3 aromatic carbocycles. The van der Waals surface area contributed by atoms with Gasteiger partial charge < -0.3 is 25.8 Å². The van der Waals surface area contributed by atoms with E-state index in [2.05, 4.69) is 22.0 Å². The highest BCUT2D eigenvalue weighted by Gasteiger charge is 2.17. The number of ether oxygens (including phenoxy) is 1. The minimum Gasteiger partial charge on any atom is -0.485 e. The summed E-state index contributed by atoms with van der Waals surface area (Å²) in [6.07, 6.45) is 3.49. The molecule has 1 atom stereocenters. The molecule has 1 heterocycles. The van der Waals surface area contributed by atoms with E-state index in [-0.39, 0.29) is 12.3 Å². The third kappa shape index (κ3) is 6.38. The fraction of sp³-hybridized carbons (Fsp3) is 0.185. The highest BCUT2D eigenvalue weighted by Crippen LogP contribution is 2.26. The molecular weight excluding hydrogens is 430 g/mol. The van der Waals surface area contributed by atoms with Crippen LogP contribution in [0.1, 0.15) is 41.3 Å². The van der Waals surface area contributed by atoms with Crippen LogP contribution in [0.15, 0.2) is 90.8 Å². The molecule has 7 nitrogen and oxygen atoms in total. The second-order valence-electron chi connectivity index (χ2n) is 7.99. The van der Waals surface area contributed by atoms with Crippen LogP contribution in [0.4, 0.5) is 11.4 Å². The fourth-order valence-electron chi connectivity index (χ4n) is 3.67. The van der Waals surface area contributed by atoms with E-state index in [1.165, 1.54) is 0 Å². The molecule has 1 amide bonds. The number of amides is 1. The quantitative estimate of drug-likeness (QED) is 0.354. The van der Waals surface area contributed by atoms with Crippen molar-refractivity contribution in [1.29, 1.82) is 0 Å². The van der Waals surface area contributed by atoms with Crippen LogP contribution in [0.2, 0.25) is 0 Å². The Morgan fingerprint density at radius 3 is 2.47 bits per heavy atom. The lowest BCUT2D eigenvalue weighted by Gasteiger charge is -2.18. The van der Waals surface area contributed by atoms with E-state index in [1.54, 1.807) is 36.4 Å². The molecule has 7 heteroatoms. The number of carbonyl (C=O) groups is 2. The highest BCUT2D eigenvalue weighted by atomic mass is 16.5. The molecule has 4 N–H and O–H groups in total. The molecule has 0 spiro atoms. The first-order chi connectivity index (χ1) is 16.6. The lowest BCUT2D eigenvalue weighted by molar-refractivity contribution is -0.138. The number of hydrogen-bond acceptors (Lipinski definition) is 5. The van der Waals surface area contributed by atoms with Crippen LogP contribution in [0.25, 0.3) is 0 Å². The molecule has 0 saturated carbocycles. The Bertz CT molecular complexity index is 1160. The largest absolute Gasteiger partial charge is 0.485 e. The Hall–Kier alpha value is -4.26. The van der Waals surface area contributed by atoms with Gasteiger partial charge in [0.15, 0.2) is 0 Å². The second-order valence-corrected chi connectivity index (χ2v) is 7.99. The van der Waals surface area contributed by atoms with Gasteiger partial charge in [0.05, 0.1) is 12.2 Å². The van der Waals surface area contributed by atoms with Gasteiger partial charge in [-0.2, -0.15) is 0 Å². The Kier molecular flexibility index (Phi) is 7.45. The maximum atomic E-state index is 12.8. The van der Waals surface area contributed by atoms with Gasteiger partial charge in [-0.05, 0) is 66.9 Å². The number of nitrogens with one attached hydrogen (secondary N) is 3. The van der Waals surface area contributed by atoms with Crippen LogP contribution >= 0.6 is 0 Å². The fourth-order valence-corrected chi connectivity index (χ4v) is 3.67. The van der Waals surface area contributed by atoms with Crippen LogP contribution in [0.3, 0.4) is 0 Å². The van der Waals surface area contributed by atoms with Gasteiger partial charge in [-0.1, -0.05) is 36.4 Å². The minimum absolute atomic E-state index is 0.153. The van der Waals surface area contributed by atoms with Crippen molar-refractivity contribution in [3.8, 4) is 5.75 Å². The SMILES string of the molecule is O=C(O)CC(Oc1ccc(NC(=O)c2cccc(NC3=CCCCN3)c2)cc1)c1ccccc1. The van der Waals surface area contributed by atoms with Crippen LogP contribution in [0.5, 0.6) is 5.75 Å². The molecule has 1 aliphatic rings. The van der Waals surface area contributed by atoms with Crippen molar-refractivity contribution in [3.05, 3.63) is 102 Å². The lowest BCUT2D eigenvalue weighted by atomic mass is 10.1. The Labute approximate surface area is 198 Å². The monoisotopic (exact) mass is 457 g/mol. The summed E-state index contributed by atoms with van der Waals surface area (Å²) in [7, 11) is 0. The molecule has 174 valence electrons. The van der Waals surface area contributed by atoms with Crippen molar-refractivity contribution in [2.24, 2.45) is 0 Å². The number of hydrogen-bond donors (Lipinski definition) is 4. The summed E-state index contributed by atoms with van der Waals surface area (Å²) in [5, 5.41) is 18.7. The number of rotatable bonds is 9. The van der Waals surface area contributed by atoms with Crippen LogP contribution in [-0.2, 0) is 4.79 Å². The van der Waals surface area contributed by atoms with Crippen molar-refractivity contribution >= 4 is 23.3 Å². The number of benzene rings is 3. The van der Waals surface area contributed by atoms with Gasteiger partial charge in [0.1, 0.15) is 11.9 Å². The molecule has 0 aliphatic carbocycles. The second kappa shape index (κ2) is 11.0. The maximum absolute atomic E-state index is 12.8. The highest BCUT2D eigenvalue weighted by molar-refractivity contribution is 6.04. The normalized spacial score (nSPS) is 13.7. The molecule has 0 radical (unpaired) electrons. The number of carboxylic acid groups (broad SMARTS) is 1. The number of allylic oxidation sites excluding steroid dienone is 1. The molecule has 1 unspecified atom stereocenters. The van der Waals surface area contributed by atoms with Gasteiger partial charge in [0.2, 0.25) is 0 Å². The summed E-state index contributed by atoms with van der Waals surface area (Å²) in [6, 6.07) is 23.5. The smallest absolute Gasteiger partial charge is 0.307 e. The summed E-state index contributed by atoms with van der Waals surface area (Å²) in [6.45, 7) is 0.932. The third-order valence-corrected chi connectivity index (χ3v) is 5.37. The topological polar surface area (TPSA) is 99.7 Å². The maximum Gasteiger partial charge on any atom is 0.307 e. The van der Waals surface area contributed by atoms with E-state index >= 15 is 0 Å². The molecule has 0 fully saturated rings. The number of carboxylic acids is 1. The molecule has 1 aliphatic heterocycles. The van der Waals surface area contributed by atoms with Crippen molar-refractivity contribution in [2.45, 2.75) is 25.4 Å². The predicted molar refractivity (Wildman–Crippen MR) is 132 cm³/mol. The Morgan fingerprint density at radius 2 is 1.76 bits per heavy atom. The van der Waals surface area contributed by atoms with Gasteiger partial charge in [-0.15, -0.1) is 0 Å². The lowest BCUT2D eigenvalue weighted by Crippen LogP contribution is -2.24. The van der Waals surface area contributed by atoms with Crippen molar-refractivity contribution < 1.29 is 19.4 Å². The summed E-state index contributed by atoms with van der Waals surface area (Å²) in [5.41, 5.74) is 2.77. The molecular formula is C27H27N3O4. The molecule has 0 saturated heterocycles. The number of anilines is 2. The standard InChI is InChI=1S/C27H27N3O4/c31-26(32)18-24(19-7-2-1-3-8-19)34-23-14-12-21(13-15-23)30-27(33)20-9-6-10-22(17-20)29-25-11-4-5-16-28-25/h1-3,6-15,17,24,28-29H,4-5,16,18H2,(H,30,33)(H,31,32). The zero-order chi connectivity index (χ0) is 23.8. The zero-order valence-corrected chi connectivity index (χ0v) is 18.7. The summed E-state index contributed by atoms with van der Waals surface area (Å²) < 4.78 is 5.93. The van der Waals surface area contributed by atoms with E-state index in [0.717, 1.165) is 36.5 Å². The van der Waals surface area contributed by atoms with Crippen molar-refractivity contribution in [3.63, 3.8) is 0 Å². The predicted octanol–water partition coefficient (Wildman–Crippen LogP) is 5.17. The van der Waals surface area contributed by atoms with Gasteiger partial charge >= 0.3 is 5.97 Å². The van der Waals surface area contributed by atoms with E-state index in [1.807, 2.05) is 42.5 Å². The van der Waals surface area contributed by atoms with Gasteiger partial charge in [0.25, 0.3) is 5.91 Å². The van der Waals surface area contributed by atoms with Gasteiger partial charge in [0, 0.05) is 23.5 Å². The van der Waals surface area contributed by atoms with E-state index < -0.39 is 12.1 Å². The third-order valence-electron chi connectivity index (χ3n) is 5.37. The summed E-state index contributed by atoms with van der Waals surface area (Å²) in [5.74, 6) is 0.310. The van der Waals surface area contributed by atoms with Gasteiger partial charge in [-0.25, -0.2) is 0 Å². The van der Waals surface area contributed by atoms with E-state index in [4.69, 9.17) is 4.74 Å². The van der Waals surface area contributed by atoms with Gasteiger partial charge in [-0.3, -0.25) is 9.59 Å². The van der Waals surface area contributed by atoms with Crippen LogP contribution in [0, 0.1) is 0 Å². The molecule has 0 aromatic heterocycles. The average Bonchev–Trinajstić information content (AvgIpc) is 2.86. The summed E-state index contributed by atoms with van der Waals surface area (Å²) in [4.78, 5) is 24.0. The Morgan fingerprint density at radius 1 is 0.971 bits per heavy atom. The average molecular weight is 458 g/mol. The van der Waals surface area contributed by atoms with E-state index in [9.17, 15) is 14.7 Å². The molecule has 0 bridgehead atoms. The first kappa shape index (κ1) is 22.9. The van der Waals surface area contributed by atoms with Crippen LogP contribution < -0.4 is 20.7 Å². The zero-order valence-electron chi connectivity index (χ0n) is 18.7. The van der Waals surface area contributed by atoms with E-state index in [0.29, 0.717) is 17.0 Å². The van der Waals surface area contributed by atoms with Crippen molar-refractivity contribution in [2.75, 3.05) is 17.2 Å². The van der Waals surface area contributed by atoms with Crippen LogP contribution in [-0.4, -0.2) is 23.5 Å². The first-order valence-electron chi connectivity index (χ1n) is 11.2. The summed E-state index contributed by atoms with van der Waals surface area (Å²) >= 11 is 0. The molecule has 4 rings (SSSR count). The number of carbonyl (C=O) groups excluding carboxylic acids is 1.